The van der Waals surface area contributed by atoms with Crippen molar-refractivity contribution < 1.29 is 4.79 Å². The molecule has 5 aromatic rings. The molecule has 1 unspecified atom stereocenters. The number of amides is 1. The minimum atomic E-state index is -0.225. The summed E-state index contributed by atoms with van der Waals surface area (Å²) in [5, 5.41) is 9.51. The largest absolute Gasteiger partial charge is 0.358 e. The number of nitrogens with one attached hydrogen (secondary N) is 3. The maximum absolute atomic E-state index is 12.6. The Kier molecular flexibility index (Phi) is 5.62. The highest BCUT2D eigenvalue weighted by Crippen LogP contribution is 2.35. The van der Waals surface area contributed by atoms with E-state index in [-0.39, 0.29) is 11.9 Å². The molecule has 0 saturated heterocycles. The second-order valence-corrected chi connectivity index (χ2v) is 8.85. The van der Waals surface area contributed by atoms with Crippen molar-refractivity contribution >= 4 is 39.7 Å². The first kappa shape index (κ1) is 20.9. The molecule has 164 valence electrons. The fourth-order valence-electron chi connectivity index (χ4n) is 4.00. The van der Waals surface area contributed by atoms with Gasteiger partial charge in [0.2, 0.25) is 0 Å². The van der Waals surface area contributed by atoms with Gasteiger partial charge in [0.15, 0.2) is 0 Å². The number of anilines is 2. The predicted octanol–water partition coefficient (Wildman–Crippen LogP) is 6.09. The molecule has 0 aliphatic carbocycles. The van der Waals surface area contributed by atoms with E-state index >= 15 is 0 Å². The van der Waals surface area contributed by atoms with Gasteiger partial charge < -0.3 is 15.6 Å². The average molecular weight is 454 g/mol. The molecule has 3 N–H and O–H groups in total. The van der Waals surface area contributed by atoms with E-state index in [4.69, 9.17) is 0 Å². The minimum Gasteiger partial charge on any atom is -0.358 e. The Balaban J connectivity index is 1.58. The second kappa shape index (κ2) is 8.88. The number of rotatable bonds is 6. The number of fused-ring (bicyclic) bond motifs is 1. The van der Waals surface area contributed by atoms with Crippen molar-refractivity contribution in [3.63, 3.8) is 0 Å². The molecule has 4 heterocycles. The number of benzene rings is 1. The van der Waals surface area contributed by atoms with E-state index in [1.165, 1.54) is 11.3 Å². The molecule has 1 aromatic carbocycles. The SMILES string of the molecule is Cc1ccnc(NC(c2ccccn2)c2c(C)[nH]c3ccc(NC(=O)c4cccs4)cc23)c1. The lowest BCUT2D eigenvalue weighted by molar-refractivity contribution is 0.103. The number of carbonyl (C=O) groups is 1. The summed E-state index contributed by atoms with van der Waals surface area (Å²) >= 11 is 1.42. The van der Waals surface area contributed by atoms with Crippen LogP contribution in [0, 0.1) is 13.8 Å². The first-order chi connectivity index (χ1) is 16.1. The zero-order chi connectivity index (χ0) is 22.8. The van der Waals surface area contributed by atoms with Gasteiger partial charge in [-0.3, -0.25) is 9.78 Å². The van der Waals surface area contributed by atoms with Gasteiger partial charge in [-0.05, 0) is 73.3 Å². The number of pyridine rings is 2. The van der Waals surface area contributed by atoms with Crippen molar-refractivity contribution in [2.45, 2.75) is 19.9 Å². The molecule has 0 radical (unpaired) electrons. The monoisotopic (exact) mass is 453 g/mol. The lowest BCUT2D eigenvalue weighted by Crippen LogP contribution is -2.15. The highest BCUT2D eigenvalue weighted by Gasteiger charge is 2.23. The highest BCUT2D eigenvalue weighted by atomic mass is 32.1. The van der Waals surface area contributed by atoms with Crippen LogP contribution in [0.5, 0.6) is 0 Å². The normalized spacial score (nSPS) is 11.9. The van der Waals surface area contributed by atoms with Crippen molar-refractivity contribution in [3.8, 4) is 0 Å². The Morgan fingerprint density at radius 2 is 1.91 bits per heavy atom. The van der Waals surface area contributed by atoms with E-state index in [1.807, 2.05) is 73.0 Å². The number of aromatic nitrogens is 3. The third-order valence-corrected chi connectivity index (χ3v) is 6.39. The Labute approximate surface area is 195 Å². The Hall–Kier alpha value is -3.97. The Bertz CT molecular complexity index is 1410. The standard InChI is InChI=1S/C26H23N5OS/c1-16-10-12-28-23(14-16)31-25(21-6-3-4-11-27-21)24-17(2)29-20-9-8-18(15-19(20)24)30-26(32)22-7-5-13-33-22/h3-15,25,29H,1-2H3,(H,28,31)(H,30,32). The smallest absolute Gasteiger partial charge is 0.265 e. The van der Waals surface area contributed by atoms with Gasteiger partial charge in [0.1, 0.15) is 5.82 Å². The van der Waals surface area contributed by atoms with Gasteiger partial charge in [0.05, 0.1) is 16.6 Å². The first-order valence-corrected chi connectivity index (χ1v) is 11.5. The van der Waals surface area contributed by atoms with E-state index in [1.54, 1.807) is 12.4 Å². The lowest BCUT2D eigenvalue weighted by Gasteiger charge is -2.20. The van der Waals surface area contributed by atoms with Gasteiger partial charge in [-0.1, -0.05) is 12.1 Å². The highest BCUT2D eigenvalue weighted by molar-refractivity contribution is 7.12. The van der Waals surface area contributed by atoms with Gasteiger partial charge in [-0.15, -0.1) is 11.3 Å². The molecular weight excluding hydrogens is 430 g/mol. The summed E-state index contributed by atoms with van der Waals surface area (Å²) in [6.07, 6.45) is 3.60. The van der Waals surface area contributed by atoms with Crippen LogP contribution in [-0.4, -0.2) is 20.9 Å². The average Bonchev–Trinajstić information content (AvgIpc) is 3.46. The lowest BCUT2D eigenvalue weighted by atomic mass is 9.99. The third kappa shape index (κ3) is 4.36. The summed E-state index contributed by atoms with van der Waals surface area (Å²) in [6, 6.07) is 19.3. The molecule has 0 saturated carbocycles. The second-order valence-electron chi connectivity index (χ2n) is 7.91. The van der Waals surface area contributed by atoms with Crippen molar-refractivity contribution in [1.29, 1.82) is 0 Å². The van der Waals surface area contributed by atoms with Crippen molar-refractivity contribution in [2.24, 2.45) is 0 Å². The first-order valence-electron chi connectivity index (χ1n) is 10.7. The molecular formula is C26H23N5OS. The minimum absolute atomic E-state index is 0.110. The zero-order valence-corrected chi connectivity index (χ0v) is 19.1. The van der Waals surface area contributed by atoms with Gasteiger partial charge in [0.25, 0.3) is 5.91 Å². The summed E-state index contributed by atoms with van der Waals surface area (Å²) in [5.74, 6) is 0.670. The third-order valence-electron chi connectivity index (χ3n) is 5.52. The zero-order valence-electron chi connectivity index (χ0n) is 18.3. The number of carbonyl (C=O) groups excluding carboxylic acids is 1. The molecule has 4 aromatic heterocycles. The van der Waals surface area contributed by atoms with Gasteiger partial charge in [-0.25, -0.2) is 4.98 Å². The Morgan fingerprint density at radius 1 is 1.00 bits per heavy atom. The van der Waals surface area contributed by atoms with E-state index < -0.39 is 0 Å². The number of hydrogen-bond donors (Lipinski definition) is 3. The van der Waals surface area contributed by atoms with Crippen molar-refractivity contribution in [1.82, 2.24) is 15.0 Å². The maximum Gasteiger partial charge on any atom is 0.265 e. The van der Waals surface area contributed by atoms with Crippen LogP contribution in [0.15, 0.2) is 78.4 Å². The summed E-state index contributed by atoms with van der Waals surface area (Å²) in [6.45, 7) is 4.10. The fraction of sp³-hybridized carbons (Fsp3) is 0.115. The predicted molar refractivity (Wildman–Crippen MR) is 134 cm³/mol. The molecule has 0 bridgehead atoms. The van der Waals surface area contributed by atoms with E-state index in [0.717, 1.165) is 44.9 Å². The number of aromatic amines is 1. The molecule has 5 rings (SSSR count). The molecule has 0 aliphatic heterocycles. The number of thiophene rings is 1. The molecule has 0 fully saturated rings. The topological polar surface area (TPSA) is 82.7 Å². The van der Waals surface area contributed by atoms with Gasteiger partial charge in [0, 0.05) is 40.2 Å². The summed E-state index contributed by atoms with van der Waals surface area (Å²) < 4.78 is 0. The van der Waals surface area contributed by atoms with Crippen LogP contribution in [0.4, 0.5) is 11.5 Å². The van der Waals surface area contributed by atoms with Crippen LogP contribution in [0.3, 0.4) is 0 Å². The number of nitrogens with zero attached hydrogens (tertiary/aromatic N) is 2. The van der Waals surface area contributed by atoms with Crippen LogP contribution in [-0.2, 0) is 0 Å². The number of H-pyrrole nitrogens is 1. The molecule has 0 aliphatic rings. The molecule has 6 nitrogen and oxygen atoms in total. The van der Waals surface area contributed by atoms with Gasteiger partial charge in [-0.2, -0.15) is 0 Å². The van der Waals surface area contributed by atoms with E-state index in [0.29, 0.717) is 4.88 Å². The summed E-state index contributed by atoms with van der Waals surface area (Å²) in [7, 11) is 0. The van der Waals surface area contributed by atoms with Crippen molar-refractivity contribution in [2.75, 3.05) is 10.6 Å². The van der Waals surface area contributed by atoms with Crippen molar-refractivity contribution in [3.05, 3.63) is 106 Å². The molecule has 7 heteroatoms. The summed E-state index contributed by atoms with van der Waals surface area (Å²) in [5.41, 5.74) is 5.85. The Morgan fingerprint density at radius 3 is 2.67 bits per heavy atom. The van der Waals surface area contributed by atoms with E-state index in [2.05, 4.69) is 32.5 Å². The van der Waals surface area contributed by atoms with E-state index in [9.17, 15) is 4.79 Å². The van der Waals surface area contributed by atoms with Crippen LogP contribution < -0.4 is 10.6 Å². The maximum atomic E-state index is 12.6. The van der Waals surface area contributed by atoms with Gasteiger partial charge >= 0.3 is 0 Å². The quantitative estimate of drug-likeness (QED) is 0.290. The molecule has 33 heavy (non-hydrogen) atoms. The summed E-state index contributed by atoms with van der Waals surface area (Å²) in [4.78, 5) is 25.9. The number of aryl methyl sites for hydroxylation is 2. The number of hydrogen-bond acceptors (Lipinski definition) is 5. The van der Waals surface area contributed by atoms with Crippen LogP contribution >= 0.6 is 11.3 Å². The fourth-order valence-corrected chi connectivity index (χ4v) is 4.62. The molecule has 1 atom stereocenters. The van der Waals surface area contributed by atoms with Crippen LogP contribution in [0.2, 0.25) is 0 Å². The van der Waals surface area contributed by atoms with Crippen LogP contribution in [0.25, 0.3) is 10.9 Å². The van der Waals surface area contributed by atoms with Crippen LogP contribution in [0.1, 0.15) is 38.2 Å². The molecule has 0 spiro atoms. The molecule has 1 amide bonds.